The van der Waals surface area contributed by atoms with E-state index in [1.165, 1.54) is 5.56 Å². The molecule has 0 bridgehead atoms. The fraction of sp³-hybridized carbons (Fsp3) is 0.350. The predicted molar refractivity (Wildman–Crippen MR) is 112 cm³/mol. The third-order valence-corrected chi connectivity index (χ3v) is 4.51. The molecule has 3 rings (SSSR count). The van der Waals surface area contributed by atoms with E-state index in [9.17, 15) is 4.79 Å². The molecule has 1 aliphatic heterocycles. The summed E-state index contributed by atoms with van der Waals surface area (Å²) >= 11 is 0. The van der Waals surface area contributed by atoms with Crippen LogP contribution in [0.15, 0.2) is 54.6 Å². The van der Waals surface area contributed by atoms with Gasteiger partial charge in [0.05, 0.1) is 13.2 Å². The van der Waals surface area contributed by atoms with Crippen LogP contribution in [-0.4, -0.2) is 37.1 Å². The summed E-state index contributed by atoms with van der Waals surface area (Å²) in [6, 6.07) is 17.0. The van der Waals surface area contributed by atoms with Crippen molar-refractivity contribution in [1.29, 1.82) is 0 Å². The van der Waals surface area contributed by atoms with Crippen molar-refractivity contribution in [2.45, 2.75) is 19.1 Å². The van der Waals surface area contributed by atoms with Crippen molar-refractivity contribution in [2.24, 2.45) is 5.73 Å². The van der Waals surface area contributed by atoms with E-state index in [0.29, 0.717) is 6.54 Å². The van der Waals surface area contributed by atoms with Gasteiger partial charge >= 0.3 is 0 Å². The lowest BCUT2D eigenvalue weighted by molar-refractivity contribution is -0.122. The number of morpholine rings is 1. The van der Waals surface area contributed by atoms with Gasteiger partial charge in [-0.25, -0.2) is 0 Å². The van der Waals surface area contributed by atoms with Crippen molar-refractivity contribution >= 4 is 30.7 Å². The number of nitrogens with zero attached hydrogens (tertiary/aromatic N) is 1. The van der Waals surface area contributed by atoms with Crippen molar-refractivity contribution in [3.8, 4) is 0 Å². The van der Waals surface area contributed by atoms with Crippen molar-refractivity contribution < 1.29 is 9.53 Å². The molecule has 7 heteroatoms. The number of carbonyl (C=O) groups is 1. The summed E-state index contributed by atoms with van der Waals surface area (Å²) in [5, 5.41) is 2.97. The maximum Gasteiger partial charge on any atom is 0.241 e. The lowest BCUT2D eigenvalue weighted by Gasteiger charge is -2.27. The number of nitrogens with one attached hydrogen (secondary N) is 1. The molecule has 1 saturated heterocycles. The Kier molecular flexibility index (Phi) is 10.4. The predicted octanol–water partition coefficient (Wildman–Crippen LogP) is 2.68. The average molecular weight is 412 g/mol. The maximum absolute atomic E-state index is 12.4. The molecule has 1 heterocycles. The Morgan fingerprint density at radius 1 is 1.00 bits per heavy atom. The van der Waals surface area contributed by atoms with Gasteiger partial charge in [0.1, 0.15) is 6.04 Å². The maximum atomic E-state index is 12.4. The van der Waals surface area contributed by atoms with Crippen molar-refractivity contribution in [3.63, 3.8) is 0 Å². The number of hydrogen-bond donors (Lipinski definition) is 2. The largest absolute Gasteiger partial charge is 0.379 e. The Bertz CT molecular complexity index is 695. The summed E-state index contributed by atoms with van der Waals surface area (Å²) in [6.07, 6.45) is 0. The van der Waals surface area contributed by atoms with Gasteiger partial charge in [-0.15, -0.1) is 24.8 Å². The second-order valence-corrected chi connectivity index (χ2v) is 6.26. The Balaban J connectivity index is 0.00000182. The first-order valence-electron chi connectivity index (χ1n) is 8.69. The number of amides is 1. The fourth-order valence-electron chi connectivity index (χ4n) is 2.99. The van der Waals surface area contributed by atoms with Crippen molar-refractivity contribution in [2.75, 3.05) is 26.3 Å². The zero-order chi connectivity index (χ0) is 17.5. The first kappa shape index (κ1) is 23.4. The molecule has 1 fully saturated rings. The van der Waals surface area contributed by atoms with Crippen LogP contribution in [0.4, 0.5) is 0 Å². The molecule has 1 amide bonds. The van der Waals surface area contributed by atoms with Gasteiger partial charge in [-0.2, -0.15) is 0 Å². The molecule has 148 valence electrons. The highest BCUT2D eigenvalue weighted by Gasteiger charge is 2.16. The molecule has 0 aromatic heterocycles. The second-order valence-electron chi connectivity index (χ2n) is 6.26. The zero-order valence-electron chi connectivity index (χ0n) is 15.2. The third-order valence-electron chi connectivity index (χ3n) is 4.51. The van der Waals surface area contributed by atoms with Gasteiger partial charge < -0.3 is 15.8 Å². The summed E-state index contributed by atoms with van der Waals surface area (Å²) in [5.41, 5.74) is 9.24. The number of hydrogen-bond acceptors (Lipinski definition) is 4. The van der Waals surface area contributed by atoms with Crippen LogP contribution in [0.3, 0.4) is 0 Å². The van der Waals surface area contributed by atoms with E-state index in [1.807, 2.05) is 42.5 Å². The van der Waals surface area contributed by atoms with E-state index in [2.05, 4.69) is 22.3 Å². The van der Waals surface area contributed by atoms with E-state index in [-0.39, 0.29) is 30.7 Å². The molecule has 0 spiro atoms. The minimum absolute atomic E-state index is 0. The van der Waals surface area contributed by atoms with Crippen LogP contribution < -0.4 is 11.1 Å². The summed E-state index contributed by atoms with van der Waals surface area (Å²) < 4.78 is 5.40. The highest BCUT2D eigenvalue weighted by Crippen LogP contribution is 2.14. The minimum atomic E-state index is -0.646. The van der Waals surface area contributed by atoms with E-state index in [1.54, 1.807) is 0 Å². The lowest BCUT2D eigenvalue weighted by atomic mass is 10.1. The molecule has 2 aromatic carbocycles. The van der Waals surface area contributed by atoms with Gasteiger partial charge in [0, 0.05) is 26.2 Å². The number of nitrogens with two attached hydrogens (primary N) is 1. The molecule has 3 N–H and O–H groups in total. The van der Waals surface area contributed by atoms with E-state index in [4.69, 9.17) is 10.5 Å². The second kappa shape index (κ2) is 12.0. The normalized spacial score (nSPS) is 15.1. The highest BCUT2D eigenvalue weighted by molar-refractivity contribution is 5.85. The minimum Gasteiger partial charge on any atom is -0.379 e. The summed E-state index contributed by atoms with van der Waals surface area (Å²) in [5.74, 6) is -0.160. The van der Waals surface area contributed by atoms with Crippen LogP contribution >= 0.6 is 24.8 Å². The molecule has 2 aromatic rings. The van der Waals surface area contributed by atoms with Crippen LogP contribution in [0, 0.1) is 0 Å². The lowest BCUT2D eigenvalue weighted by Crippen LogP contribution is -2.36. The van der Waals surface area contributed by atoms with Gasteiger partial charge in [0.15, 0.2) is 0 Å². The molecular formula is C20H27Cl2N3O2. The molecule has 1 aliphatic rings. The van der Waals surface area contributed by atoms with Crippen LogP contribution in [0.2, 0.25) is 0 Å². The monoisotopic (exact) mass is 411 g/mol. The van der Waals surface area contributed by atoms with Crippen LogP contribution in [0.1, 0.15) is 22.7 Å². The van der Waals surface area contributed by atoms with E-state index < -0.39 is 6.04 Å². The van der Waals surface area contributed by atoms with Gasteiger partial charge in [0.2, 0.25) is 5.91 Å². The first-order valence-corrected chi connectivity index (χ1v) is 8.69. The Morgan fingerprint density at radius 2 is 1.59 bits per heavy atom. The topological polar surface area (TPSA) is 67.6 Å². The number of halogens is 2. The standard InChI is InChI=1S/C20H25N3O2.2ClH/c21-19(16-6-2-1-3-7-16)20(24)22-14-17-8-4-5-9-18(17)15-23-10-12-25-13-11-23;;/h1-9,19H,10-15,21H2,(H,22,24);2*1H. The van der Waals surface area contributed by atoms with Crippen LogP contribution in [-0.2, 0) is 22.6 Å². The Morgan fingerprint density at radius 3 is 2.26 bits per heavy atom. The highest BCUT2D eigenvalue weighted by atomic mass is 35.5. The molecule has 1 atom stereocenters. The quantitative estimate of drug-likeness (QED) is 0.766. The zero-order valence-corrected chi connectivity index (χ0v) is 16.8. The third kappa shape index (κ3) is 6.79. The SMILES string of the molecule is Cl.Cl.NC(C(=O)NCc1ccccc1CN1CCOCC1)c1ccccc1. The molecule has 0 saturated carbocycles. The first-order chi connectivity index (χ1) is 12.2. The van der Waals surface area contributed by atoms with Gasteiger partial charge in [0.25, 0.3) is 0 Å². The van der Waals surface area contributed by atoms with Gasteiger partial charge in [-0.3, -0.25) is 9.69 Å². The molecular weight excluding hydrogens is 385 g/mol. The average Bonchev–Trinajstić information content (AvgIpc) is 2.68. The molecule has 0 aliphatic carbocycles. The Labute approximate surface area is 173 Å². The Hall–Kier alpha value is -1.63. The fourth-order valence-corrected chi connectivity index (χ4v) is 2.99. The van der Waals surface area contributed by atoms with Gasteiger partial charge in [-0.1, -0.05) is 54.6 Å². The van der Waals surface area contributed by atoms with E-state index in [0.717, 1.165) is 44.0 Å². The number of carbonyl (C=O) groups excluding carboxylic acids is 1. The number of rotatable bonds is 6. The number of ether oxygens (including phenoxy) is 1. The summed E-state index contributed by atoms with van der Waals surface area (Å²) in [4.78, 5) is 14.7. The van der Waals surface area contributed by atoms with Crippen molar-refractivity contribution in [3.05, 3.63) is 71.3 Å². The smallest absolute Gasteiger partial charge is 0.241 e. The number of benzene rings is 2. The summed E-state index contributed by atoms with van der Waals surface area (Å²) in [7, 11) is 0. The molecule has 5 nitrogen and oxygen atoms in total. The van der Waals surface area contributed by atoms with Gasteiger partial charge in [-0.05, 0) is 16.7 Å². The van der Waals surface area contributed by atoms with Crippen molar-refractivity contribution in [1.82, 2.24) is 10.2 Å². The summed E-state index contributed by atoms with van der Waals surface area (Å²) in [6.45, 7) is 4.81. The molecule has 0 radical (unpaired) electrons. The van der Waals surface area contributed by atoms with Crippen LogP contribution in [0.5, 0.6) is 0 Å². The van der Waals surface area contributed by atoms with E-state index >= 15 is 0 Å². The van der Waals surface area contributed by atoms with Crippen LogP contribution in [0.25, 0.3) is 0 Å². The molecule has 27 heavy (non-hydrogen) atoms. The molecule has 1 unspecified atom stereocenters.